The molecule has 2 atom stereocenters. The highest BCUT2D eigenvalue weighted by atomic mass is 35.5. The smallest absolute Gasteiger partial charge is 0.110 e. The van der Waals surface area contributed by atoms with Gasteiger partial charge in [-0.05, 0) is 37.5 Å². The summed E-state index contributed by atoms with van der Waals surface area (Å²) < 4.78 is 5.52. The molecule has 0 spiro atoms. The highest BCUT2D eigenvalue weighted by molar-refractivity contribution is 6.31. The second-order valence-corrected chi connectivity index (χ2v) is 4.77. The van der Waals surface area contributed by atoms with Crippen molar-refractivity contribution < 1.29 is 4.74 Å². The Labute approximate surface area is 108 Å². The van der Waals surface area contributed by atoms with Gasteiger partial charge in [-0.15, -0.1) is 0 Å². The lowest BCUT2D eigenvalue weighted by Crippen LogP contribution is -2.31. The Hall–Kier alpha value is -0.990. The molecule has 0 saturated heterocycles. The SMILES string of the molecule is C[C@@H](NCC1CCC=CO1)c1ccccc1Cl. The lowest BCUT2D eigenvalue weighted by molar-refractivity contribution is 0.120. The number of rotatable bonds is 4. The van der Waals surface area contributed by atoms with E-state index in [0.29, 0.717) is 0 Å². The predicted molar refractivity (Wildman–Crippen MR) is 71.1 cm³/mol. The van der Waals surface area contributed by atoms with E-state index >= 15 is 0 Å². The van der Waals surface area contributed by atoms with E-state index in [9.17, 15) is 0 Å². The van der Waals surface area contributed by atoms with Gasteiger partial charge in [-0.3, -0.25) is 0 Å². The van der Waals surface area contributed by atoms with Gasteiger partial charge in [0.2, 0.25) is 0 Å². The Kier molecular flexibility index (Phi) is 4.46. The third kappa shape index (κ3) is 3.48. The monoisotopic (exact) mass is 251 g/mol. The average molecular weight is 252 g/mol. The van der Waals surface area contributed by atoms with Crippen LogP contribution in [-0.2, 0) is 4.74 Å². The number of benzene rings is 1. The molecule has 1 aromatic carbocycles. The van der Waals surface area contributed by atoms with Gasteiger partial charge in [0.05, 0.1) is 6.26 Å². The number of nitrogens with one attached hydrogen (secondary N) is 1. The van der Waals surface area contributed by atoms with Gasteiger partial charge in [-0.25, -0.2) is 0 Å². The maximum Gasteiger partial charge on any atom is 0.110 e. The lowest BCUT2D eigenvalue weighted by atomic mass is 10.1. The average Bonchev–Trinajstić information content (AvgIpc) is 2.38. The molecule has 1 aliphatic rings. The largest absolute Gasteiger partial charge is 0.497 e. The molecule has 0 saturated carbocycles. The van der Waals surface area contributed by atoms with Crippen molar-refractivity contribution in [2.45, 2.75) is 31.9 Å². The van der Waals surface area contributed by atoms with Crippen molar-refractivity contribution in [3.05, 3.63) is 47.2 Å². The molecule has 2 nitrogen and oxygen atoms in total. The molecule has 1 heterocycles. The fraction of sp³-hybridized carbons (Fsp3) is 0.429. The number of hydrogen-bond donors (Lipinski definition) is 1. The first-order chi connectivity index (χ1) is 8.27. The maximum absolute atomic E-state index is 6.16. The first-order valence-electron chi connectivity index (χ1n) is 6.05. The number of hydrogen-bond acceptors (Lipinski definition) is 2. The van der Waals surface area contributed by atoms with Gasteiger partial charge in [0, 0.05) is 17.6 Å². The van der Waals surface area contributed by atoms with E-state index < -0.39 is 0 Å². The molecule has 1 aliphatic heterocycles. The molecule has 0 aromatic heterocycles. The van der Waals surface area contributed by atoms with Crippen molar-refractivity contribution in [2.24, 2.45) is 0 Å². The highest BCUT2D eigenvalue weighted by Gasteiger charge is 2.14. The second-order valence-electron chi connectivity index (χ2n) is 4.36. The van der Waals surface area contributed by atoms with Crippen molar-refractivity contribution in [3.63, 3.8) is 0 Å². The van der Waals surface area contributed by atoms with E-state index in [1.807, 2.05) is 18.2 Å². The van der Waals surface area contributed by atoms with E-state index in [4.69, 9.17) is 16.3 Å². The summed E-state index contributed by atoms with van der Waals surface area (Å²) in [5, 5.41) is 4.28. The molecule has 0 radical (unpaired) electrons. The van der Waals surface area contributed by atoms with Gasteiger partial charge in [-0.1, -0.05) is 29.8 Å². The molecule has 0 fully saturated rings. The fourth-order valence-corrected chi connectivity index (χ4v) is 2.28. The predicted octanol–water partition coefficient (Wildman–Crippen LogP) is 3.68. The minimum Gasteiger partial charge on any atom is -0.497 e. The van der Waals surface area contributed by atoms with Crippen LogP contribution in [0.1, 0.15) is 31.4 Å². The van der Waals surface area contributed by atoms with Crippen molar-refractivity contribution in [3.8, 4) is 0 Å². The Morgan fingerprint density at radius 1 is 1.47 bits per heavy atom. The van der Waals surface area contributed by atoms with Crippen LogP contribution in [0.4, 0.5) is 0 Å². The van der Waals surface area contributed by atoms with E-state index in [1.54, 1.807) is 6.26 Å². The number of ether oxygens (including phenoxy) is 1. The number of halogens is 1. The molecule has 2 rings (SSSR count). The summed E-state index contributed by atoms with van der Waals surface area (Å²) in [6, 6.07) is 8.20. The standard InChI is InChI=1S/C14H18ClNO/c1-11(13-7-2-3-8-14(13)15)16-10-12-6-4-5-9-17-12/h2-3,5,7-9,11-12,16H,4,6,10H2,1H3/t11-,12?/m1/s1. The topological polar surface area (TPSA) is 21.3 Å². The minimum absolute atomic E-state index is 0.248. The van der Waals surface area contributed by atoms with Gasteiger partial charge in [0.15, 0.2) is 0 Å². The van der Waals surface area contributed by atoms with Crippen LogP contribution in [0.25, 0.3) is 0 Å². The van der Waals surface area contributed by atoms with Crippen LogP contribution in [0.5, 0.6) is 0 Å². The first kappa shape index (κ1) is 12.5. The molecule has 1 unspecified atom stereocenters. The van der Waals surface area contributed by atoms with Crippen LogP contribution in [0.3, 0.4) is 0 Å². The van der Waals surface area contributed by atoms with E-state index in [2.05, 4.69) is 24.4 Å². The second kappa shape index (κ2) is 6.08. The van der Waals surface area contributed by atoms with Crippen molar-refractivity contribution in [1.29, 1.82) is 0 Å². The molecule has 17 heavy (non-hydrogen) atoms. The zero-order valence-electron chi connectivity index (χ0n) is 10.0. The maximum atomic E-state index is 6.16. The van der Waals surface area contributed by atoms with Crippen LogP contribution in [0, 0.1) is 0 Å². The van der Waals surface area contributed by atoms with Gasteiger partial charge < -0.3 is 10.1 Å². The van der Waals surface area contributed by atoms with Gasteiger partial charge >= 0.3 is 0 Å². The van der Waals surface area contributed by atoms with Crippen molar-refractivity contribution >= 4 is 11.6 Å². The molecular weight excluding hydrogens is 234 g/mol. The Morgan fingerprint density at radius 3 is 3.00 bits per heavy atom. The summed E-state index contributed by atoms with van der Waals surface area (Å²) in [6.07, 6.45) is 6.33. The molecule has 1 aromatic rings. The molecule has 3 heteroatoms. The first-order valence-corrected chi connectivity index (χ1v) is 6.43. The van der Waals surface area contributed by atoms with E-state index in [-0.39, 0.29) is 12.1 Å². The van der Waals surface area contributed by atoms with E-state index in [1.165, 1.54) is 0 Å². The molecule has 0 aliphatic carbocycles. The zero-order chi connectivity index (χ0) is 12.1. The van der Waals surface area contributed by atoms with E-state index in [0.717, 1.165) is 30.0 Å². The third-order valence-electron chi connectivity index (χ3n) is 3.05. The highest BCUT2D eigenvalue weighted by Crippen LogP contribution is 2.22. The molecule has 0 amide bonds. The lowest BCUT2D eigenvalue weighted by Gasteiger charge is -2.23. The Balaban J connectivity index is 1.87. The molecule has 0 bridgehead atoms. The number of allylic oxidation sites excluding steroid dienone is 1. The normalized spacial score (nSPS) is 20.9. The summed E-state index contributed by atoms with van der Waals surface area (Å²) in [5.41, 5.74) is 1.14. The Morgan fingerprint density at radius 2 is 2.29 bits per heavy atom. The van der Waals surface area contributed by atoms with Crippen LogP contribution < -0.4 is 5.32 Å². The fourth-order valence-electron chi connectivity index (χ4n) is 1.98. The van der Waals surface area contributed by atoms with Crippen LogP contribution in [-0.4, -0.2) is 12.6 Å². The molecule has 92 valence electrons. The van der Waals surface area contributed by atoms with Gasteiger partial charge in [0.1, 0.15) is 6.10 Å². The van der Waals surface area contributed by atoms with Gasteiger partial charge in [0.25, 0.3) is 0 Å². The van der Waals surface area contributed by atoms with Crippen LogP contribution in [0.15, 0.2) is 36.6 Å². The summed E-state index contributed by atoms with van der Waals surface area (Å²) in [4.78, 5) is 0. The third-order valence-corrected chi connectivity index (χ3v) is 3.39. The van der Waals surface area contributed by atoms with Crippen molar-refractivity contribution in [2.75, 3.05) is 6.54 Å². The molecule has 1 N–H and O–H groups in total. The molecular formula is C14H18ClNO. The summed E-state index contributed by atoms with van der Waals surface area (Å²) in [5.74, 6) is 0. The van der Waals surface area contributed by atoms with Crippen LogP contribution >= 0.6 is 11.6 Å². The van der Waals surface area contributed by atoms with Crippen LogP contribution in [0.2, 0.25) is 5.02 Å². The Bertz CT molecular complexity index is 392. The van der Waals surface area contributed by atoms with Gasteiger partial charge in [-0.2, -0.15) is 0 Å². The summed E-state index contributed by atoms with van der Waals surface area (Å²) >= 11 is 6.16. The van der Waals surface area contributed by atoms with Crippen molar-refractivity contribution in [1.82, 2.24) is 5.32 Å². The minimum atomic E-state index is 0.248. The quantitative estimate of drug-likeness (QED) is 0.881. The zero-order valence-corrected chi connectivity index (χ0v) is 10.8. The summed E-state index contributed by atoms with van der Waals surface area (Å²) in [6.45, 7) is 2.98. The summed E-state index contributed by atoms with van der Waals surface area (Å²) in [7, 11) is 0.